The number of hydrogen-bond donors (Lipinski definition) is 0. The van der Waals surface area contributed by atoms with E-state index in [1.54, 1.807) is 11.8 Å². The molecule has 5 nitrogen and oxygen atoms in total. The number of amidine groups is 1. The summed E-state index contributed by atoms with van der Waals surface area (Å²) in [6.45, 7) is 5.09. The van der Waals surface area contributed by atoms with Gasteiger partial charge in [-0.2, -0.15) is 0 Å². The number of amides is 1. The maximum Gasteiger partial charge on any atom is 0.266 e. The Kier molecular flexibility index (Phi) is 8.17. The maximum absolute atomic E-state index is 13.5. The van der Waals surface area contributed by atoms with E-state index in [0.717, 1.165) is 52.8 Å². The summed E-state index contributed by atoms with van der Waals surface area (Å²) in [5.41, 5.74) is 0.954. The van der Waals surface area contributed by atoms with Gasteiger partial charge in [0.25, 0.3) is 5.91 Å². The Bertz CT molecular complexity index is 855. The van der Waals surface area contributed by atoms with Gasteiger partial charge in [-0.15, -0.1) is 0 Å². The zero-order valence-corrected chi connectivity index (χ0v) is 20.3. The van der Waals surface area contributed by atoms with Crippen molar-refractivity contribution in [2.75, 3.05) is 13.2 Å². The highest BCUT2D eigenvalue weighted by Crippen LogP contribution is 2.39. The van der Waals surface area contributed by atoms with Crippen LogP contribution in [0.2, 0.25) is 0 Å². The van der Waals surface area contributed by atoms with Crippen molar-refractivity contribution < 1.29 is 14.3 Å². The highest BCUT2D eigenvalue weighted by Gasteiger charge is 2.39. The van der Waals surface area contributed by atoms with Crippen molar-refractivity contribution in [3.8, 4) is 11.5 Å². The van der Waals surface area contributed by atoms with Gasteiger partial charge in [0.15, 0.2) is 16.7 Å². The molecule has 6 heteroatoms. The van der Waals surface area contributed by atoms with Crippen molar-refractivity contribution in [2.24, 2.45) is 4.99 Å². The van der Waals surface area contributed by atoms with E-state index in [1.165, 1.54) is 38.5 Å². The van der Waals surface area contributed by atoms with Crippen LogP contribution in [0.25, 0.3) is 6.08 Å². The number of carbonyl (C=O) groups excluding carboxylic acids is 1. The van der Waals surface area contributed by atoms with E-state index < -0.39 is 0 Å². The monoisotopic (exact) mass is 456 g/mol. The second kappa shape index (κ2) is 11.3. The first-order valence-corrected chi connectivity index (χ1v) is 13.2. The zero-order chi connectivity index (χ0) is 22.3. The lowest BCUT2D eigenvalue weighted by molar-refractivity contribution is -0.124. The quantitative estimate of drug-likeness (QED) is 0.444. The number of rotatable bonds is 7. The number of aliphatic imine (C=N–C) groups is 1. The topological polar surface area (TPSA) is 51.1 Å². The van der Waals surface area contributed by atoms with E-state index in [-0.39, 0.29) is 11.9 Å². The van der Waals surface area contributed by atoms with Gasteiger partial charge >= 0.3 is 0 Å². The van der Waals surface area contributed by atoms with Gasteiger partial charge in [-0.25, -0.2) is 0 Å². The Hall–Kier alpha value is -1.95. The zero-order valence-electron chi connectivity index (χ0n) is 19.5. The van der Waals surface area contributed by atoms with Crippen molar-refractivity contribution in [2.45, 2.75) is 90.1 Å². The van der Waals surface area contributed by atoms with Crippen molar-refractivity contribution in [3.05, 3.63) is 28.7 Å². The lowest BCUT2D eigenvalue weighted by atomic mass is 9.94. The largest absolute Gasteiger partial charge is 0.490 e. The lowest BCUT2D eigenvalue weighted by Gasteiger charge is -2.31. The summed E-state index contributed by atoms with van der Waals surface area (Å²) in [5, 5.41) is 0.927. The van der Waals surface area contributed by atoms with E-state index in [4.69, 9.17) is 14.5 Å². The average Bonchev–Trinajstić information content (AvgIpc) is 3.11. The molecule has 4 rings (SSSR count). The molecular weight excluding hydrogens is 420 g/mol. The van der Waals surface area contributed by atoms with Crippen molar-refractivity contribution in [3.63, 3.8) is 0 Å². The first-order valence-electron chi connectivity index (χ1n) is 12.4. The normalized spacial score (nSPS) is 23.3. The molecule has 0 spiro atoms. The molecule has 3 fully saturated rings. The minimum absolute atomic E-state index is 0.114. The first kappa shape index (κ1) is 23.2. The average molecular weight is 457 g/mol. The number of thioether (sulfide) groups is 1. The molecule has 174 valence electrons. The molecule has 32 heavy (non-hydrogen) atoms. The van der Waals surface area contributed by atoms with Crippen LogP contribution >= 0.6 is 11.8 Å². The third-order valence-electron chi connectivity index (χ3n) is 6.51. The molecular formula is C26H36N2O3S. The predicted molar refractivity (Wildman–Crippen MR) is 132 cm³/mol. The summed E-state index contributed by atoms with van der Waals surface area (Å²) in [6.07, 6.45) is 13.9. The molecule has 1 heterocycles. The van der Waals surface area contributed by atoms with Gasteiger partial charge in [0, 0.05) is 6.04 Å². The smallest absolute Gasteiger partial charge is 0.266 e. The standard InChI is InChI=1S/C26H36N2O3S/c1-3-30-22-16-15-19(17-23(22)31-4-2)18-24-25(29)28(21-13-9-6-10-14-21)26(32-24)27-20-11-7-5-8-12-20/h15-18,20-21H,3-14H2,1-2H3. The molecule has 1 aromatic rings. The second-order valence-electron chi connectivity index (χ2n) is 8.85. The highest BCUT2D eigenvalue weighted by atomic mass is 32.2. The second-order valence-corrected chi connectivity index (χ2v) is 9.86. The van der Waals surface area contributed by atoms with Crippen LogP contribution in [0.5, 0.6) is 11.5 Å². The molecule has 0 N–H and O–H groups in total. The van der Waals surface area contributed by atoms with Crippen LogP contribution in [0.15, 0.2) is 28.1 Å². The van der Waals surface area contributed by atoms with Crippen LogP contribution in [0.1, 0.15) is 83.6 Å². The minimum Gasteiger partial charge on any atom is -0.490 e. The Morgan fingerprint density at radius 3 is 2.31 bits per heavy atom. The van der Waals surface area contributed by atoms with Crippen LogP contribution in [0.3, 0.4) is 0 Å². The minimum atomic E-state index is 0.114. The summed E-state index contributed by atoms with van der Waals surface area (Å²) >= 11 is 1.56. The number of benzene rings is 1. The van der Waals surface area contributed by atoms with Crippen LogP contribution in [-0.4, -0.2) is 41.3 Å². The van der Waals surface area contributed by atoms with Gasteiger partial charge in [0.05, 0.1) is 24.2 Å². The SMILES string of the molecule is CCOc1ccc(C=C2SC(=NC3CCCCC3)N(C3CCCCC3)C2=O)cc1OCC. The summed E-state index contributed by atoms with van der Waals surface area (Å²) < 4.78 is 11.5. The van der Waals surface area contributed by atoms with Crippen LogP contribution in [0, 0.1) is 0 Å². The highest BCUT2D eigenvalue weighted by molar-refractivity contribution is 8.18. The molecule has 0 radical (unpaired) electrons. The molecule has 0 atom stereocenters. The molecule has 0 bridgehead atoms. The number of ether oxygens (including phenoxy) is 2. The van der Waals surface area contributed by atoms with Crippen LogP contribution in [-0.2, 0) is 4.79 Å². The third-order valence-corrected chi connectivity index (χ3v) is 7.51. The number of carbonyl (C=O) groups is 1. The first-order chi connectivity index (χ1) is 15.7. The van der Waals surface area contributed by atoms with Gasteiger partial charge < -0.3 is 9.47 Å². The molecule has 2 aliphatic carbocycles. The number of hydrogen-bond acceptors (Lipinski definition) is 5. The molecule has 0 aromatic heterocycles. The van der Waals surface area contributed by atoms with E-state index in [1.807, 2.05) is 43.0 Å². The van der Waals surface area contributed by atoms with Crippen LogP contribution in [0.4, 0.5) is 0 Å². The molecule has 3 aliphatic rings. The van der Waals surface area contributed by atoms with Crippen molar-refractivity contribution in [1.29, 1.82) is 0 Å². The maximum atomic E-state index is 13.5. The van der Waals surface area contributed by atoms with E-state index >= 15 is 0 Å². The summed E-state index contributed by atoms with van der Waals surface area (Å²) in [6, 6.07) is 6.54. The van der Waals surface area contributed by atoms with Crippen LogP contribution < -0.4 is 9.47 Å². The summed E-state index contributed by atoms with van der Waals surface area (Å²) in [4.78, 5) is 21.5. The molecule has 0 unspecified atom stereocenters. The Labute approximate surface area is 196 Å². The molecule has 2 saturated carbocycles. The molecule has 1 aliphatic heterocycles. The Morgan fingerprint density at radius 1 is 0.969 bits per heavy atom. The van der Waals surface area contributed by atoms with E-state index in [9.17, 15) is 4.79 Å². The molecule has 1 amide bonds. The van der Waals surface area contributed by atoms with Crippen molar-refractivity contribution >= 4 is 28.9 Å². The number of nitrogens with zero attached hydrogens (tertiary/aromatic N) is 2. The summed E-state index contributed by atoms with van der Waals surface area (Å²) in [5.74, 6) is 1.58. The van der Waals surface area contributed by atoms with Gasteiger partial charge in [-0.1, -0.05) is 44.6 Å². The van der Waals surface area contributed by atoms with Gasteiger partial charge in [-0.3, -0.25) is 14.7 Å². The van der Waals surface area contributed by atoms with Crippen molar-refractivity contribution in [1.82, 2.24) is 4.90 Å². The lowest BCUT2D eigenvalue weighted by Crippen LogP contribution is -2.41. The Morgan fingerprint density at radius 2 is 1.62 bits per heavy atom. The fourth-order valence-electron chi connectivity index (χ4n) is 4.91. The molecule has 1 saturated heterocycles. The fraction of sp³-hybridized carbons (Fsp3) is 0.615. The van der Waals surface area contributed by atoms with Gasteiger partial charge in [0.2, 0.25) is 0 Å². The summed E-state index contributed by atoms with van der Waals surface area (Å²) in [7, 11) is 0. The fourth-order valence-corrected chi connectivity index (χ4v) is 6.02. The van der Waals surface area contributed by atoms with Gasteiger partial charge in [0.1, 0.15) is 0 Å². The van der Waals surface area contributed by atoms with E-state index in [0.29, 0.717) is 19.3 Å². The predicted octanol–water partition coefficient (Wildman–Crippen LogP) is 6.42. The Balaban J connectivity index is 1.62. The van der Waals surface area contributed by atoms with Gasteiger partial charge in [-0.05, 0) is 75.1 Å². The van der Waals surface area contributed by atoms with E-state index in [2.05, 4.69) is 0 Å². The molecule has 1 aromatic carbocycles. The third kappa shape index (κ3) is 5.51.